The highest BCUT2D eigenvalue weighted by molar-refractivity contribution is 5.92. The zero-order valence-electron chi connectivity index (χ0n) is 17.0. The lowest BCUT2D eigenvalue weighted by atomic mass is 10.1. The Morgan fingerprint density at radius 3 is 2.43 bits per heavy atom. The number of esters is 1. The van der Waals surface area contributed by atoms with Crippen LogP contribution in [0.3, 0.4) is 0 Å². The molecule has 1 N–H and O–H groups in total. The molecule has 0 bridgehead atoms. The van der Waals surface area contributed by atoms with E-state index < -0.39 is 11.9 Å². The van der Waals surface area contributed by atoms with Crippen LogP contribution in [0, 0.1) is 13.8 Å². The molecule has 0 saturated heterocycles. The number of carbonyl (C=O) groups excluding carboxylic acids is 2. The van der Waals surface area contributed by atoms with Crippen molar-refractivity contribution in [1.29, 1.82) is 0 Å². The van der Waals surface area contributed by atoms with Crippen LogP contribution in [-0.4, -0.2) is 23.6 Å². The summed E-state index contributed by atoms with van der Waals surface area (Å²) in [4.78, 5) is 23.9. The molecule has 0 fully saturated rings. The van der Waals surface area contributed by atoms with Crippen molar-refractivity contribution in [2.75, 3.05) is 11.9 Å². The summed E-state index contributed by atoms with van der Waals surface area (Å²) in [6.45, 7) is 3.75. The van der Waals surface area contributed by atoms with Gasteiger partial charge in [-0.25, -0.2) is 0 Å². The van der Waals surface area contributed by atoms with Crippen molar-refractivity contribution in [1.82, 2.24) is 5.16 Å². The molecule has 1 amide bonds. The number of carbonyl (C=O) groups is 2. The van der Waals surface area contributed by atoms with E-state index in [1.54, 1.807) is 31.2 Å². The summed E-state index contributed by atoms with van der Waals surface area (Å²) in [7, 11) is 0. The molecule has 7 nitrogen and oxygen atoms in total. The maximum absolute atomic E-state index is 12.0. The zero-order chi connectivity index (χ0) is 21.3. The summed E-state index contributed by atoms with van der Waals surface area (Å²) in [5, 5.41) is 6.54. The predicted molar refractivity (Wildman–Crippen MR) is 111 cm³/mol. The van der Waals surface area contributed by atoms with Gasteiger partial charge in [-0.3, -0.25) is 9.59 Å². The van der Waals surface area contributed by atoms with E-state index >= 15 is 0 Å². The minimum atomic E-state index is -0.449. The Hall–Kier alpha value is -3.61. The Morgan fingerprint density at radius 1 is 1.03 bits per heavy atom. The van der Waals surface area contributed by atoms with Crippen LogP contribution in [0.1, 0.15) is 29.0 Å². The van der Waals surface area contributed by atoms with E-state index in [4.69, 9.17) is 14.0 Å². The molecule has 7 heteroatoms. The molecule has 0 aliphatic heterocycles. The fourth-order valence-corrected chi connectivity index (χ4v) is 2.88. The first kappa shape index (κ1) is 21.1. The van der Waals surface area contributed by atoms with Crippen molar-refractivity contribution < 1.29 is 23.6 Å². The van der Waals surface area contributed by atoms with E-state index in [2.05, 4.69) is 10.5 Å². The lowest BCUT2D eigenvalue weighted by Gasteiger charge is -2.09. The van der Waals surface area contributed by atoms with E-state index in [1.165, 1.54) is 0 Å². The summed E-state index contributed by atoms with van der Waals surface area (Å²) in [6, 6.07) is 16.9. The molecule has 156 valence electrons. The van der Waals surface area contributed by atoms with Crippen molar-refractivity contribution in [3.63, 3.8) is 0 Å². The second-order valence-electron chi connectivity index (χ2n) is 6.81. The number of ether oxygens (including phenoxy) is 2. The van der Waals surface area contributed by atoms with Crippen LogP contribution < -0.4 is 10.1 Å². The molecule has 3 aromatic rings. The molecule has 0 saturated carbocycles. The van der Waals surface area contributed by atoms with Gasteiger partial charge in [-0.15, -0.1) is 0 Å². The van der Waals surface area contributed by atoms with Gasteiger partial charge >= 0.3 is 5.97 Å². The van der Waals surface area contributed by atoms with E-state index in [-0.39, 0.29) is 13.0 Å². The van der Waals surface area contributed by atoms with Crippen molar-refractivity contribution in [3.05, 3.63) is 77.2 Å². The van der Waals surface area contributed by atoms with Gasteiger partial charge in [-0.1, -0.05) is 35.5 Å². The minimum Gasteiger partial charge on any atom is -0.489 e. The van der Waals surface area contributed by atoms with Crippen LogP contribution in [0.2, 0.25) is 0 Å². The van der Waals surface area contributed by atoms with Gasteiger partial charge in [0.15, 0.2) is 6.61 Å². The first-order valence-electron chi connectivity index (χ1n) is 9.65. The number of aryl methyl sites for hydroxylation is 2. The minimum absolute atomic E-state index is 0.156. The lowest BCUT2D eigenvalue weighted by Crippen LogP contribution is -2.21. The molecule has 3 rings (SSSR count). The number of benzene rings is 2. The average molecular weight is 408 g/mol. The van der Waals surface area contributed by atoms with Gasteiger partial charge in [-0.2, -0.15) is 0 Å². The molecule has 1 aromatic heterocycles. The highest BCUT2D eigenvalue weighted by Gasteiger charge is 2.13. The molecular weight excluding hydrogens is 384 g/mol. The Bertz CT molecular complexity index is 961. The first-order chi connectivity index (χ1) is 14.5. The van der Waals surface area contributed by atoms with Crippen LogP contribution in [-0.2, 0) is 27.4 Å². The third-order valence-corrected chi connectivity index (χ3v) is 4.51. The molecule has 2 aromatic carbocycles. The second kappa shape index (κ2) is 10.2. The molecule has 1 heterocycles. The topological polar surface area (TPSA) is 90.7 Å². The standard InChI is InChI=1S/C23H24N2O5/c1-16-21(17(2)30-25-16)12-13-23(27)29-15-22(26)24-19-8-10-20(11-9-19)28-14-18-6-4-3-5-7-18/h3-11H,12-15H2,1-2H3,(H,24,26). The Kier molecular flexibility index (Phi) is 7.21. The van der Waals surface area contributed by atoms with Crippen LogP contribution in [0.25, 0.3) is 0 Å². The van der Waals surface area contributed by atoms with Crippen LogP contribution in [0.4, 0.5) is 5.69 Å². The molecule has 0 unspecified atom stereocenters. The summed E-state index contributed by atoms with van der Waals surface area (Å²) >= 11 is 0. The third kappa shape index (κ3) is 6.20. The summed E-state index contributed by atoms with van der Waals surface area (Å²) in [5.41, 5.74) is 3.32. The first-order valence-corrected chi connectivity index (χ1v) is 9.65. The zero-order valence-corrected chi connectivity index (χ0v) is 17.0. The maximum atomic E-state index is 12.0. The number of aromatic nitrogens is 1. The molecule has 30 heavy (non-hydrogen) atoms. The van der Waals surface area contributed by atoms with Gasteiger partial charge in [-0.05, 0) is 50.1 Å². The highest BCUT2D eigenvalue weighted by Crippen LogP contribution is 2.17. The van der Waals surface area contributed by atoms with E-state index in [0.717, 1.165) is 16.8 Å². The SMILES string of the molecule is Cc1noc(C)c1CCC(=O)OCC(=O)Nc1ccc(OCc2ccccc2)cc1. The Balaban J connectivity index is 1.38. The normalized spacial score (nSPS) is 10.5. The largest absolute Gasteiger partial charge is 0.489 e. The third-order valence-electron chi connectivity index (χ3n) is 4.51. The molecule has 0 atom stereocenters. The Morgan fingerprint density at radius 2 is 1.77 bits per heavy atom. The predicted octanol–water partition coefficient (Wildman–Crippen LogP) is 3.98. The monoisotopic (exact) mass is 408 g/mol. The van der Waals surface area contributed by atoms with Crippen molar-refractivity contribution in [3.8, 4) is 5.75 Å². The number of nitrogens with one attached hydrogen (secondary N) is 1. The van der Waals surface area contributed by atoms with Crippen molar-refractivity contribution in [2.45, 2.75) is 33.3 Å². The highest BCUT2D eigenvalue weighted by atomic mass is 16.5. The Labute approximate surface area is 175 Å². The molecule has 0 aliphatic carbocycles. The van der Waals surface area contributed by atoms with Crippen LogP contribution in [0.5, 0.6) is 5.75 Å². The number of amides is 1. The lowest BCUT2D eigenvalue weighted by molar-refractivity contribution is -0.147. The summed E-state index contributed by atoms with van der Waals surface area (Å²) in [6.07, 6.45) is 0.621. The van der Waals surface area contributed by atoms with Gasteiger partial charge in [0, 0.05) is 17.7 Å². The quantitative estimate of drug-likeness (QED) is 0.539. The smallest absolute Gasteiger partial charge is 0.306 e. The van der Waals surface area contributed by atoms with Gasteiger partial charge in [0.2, 0.25) is 0 Å². The fourth-order valence-electron chi connectivity index (χ4n) is 2.88. The van der Waals surface area contributed by atoms with Crippen molar-refractivity contribution in [2.24, 2.45) is 0 Å². The average Bonchev–Trinajstić information content (AvgIpc) is 3.08. The molecule has 0 radical (unpaired) electrons. The van der Waals surface area contributed by atoms with Crippen LogP contribution >= 0.6 is 0 Å². The van der Waals surface area contributed by atoms with Gasteiger partial charge in [0.25, 0.3) is 5.91 Å². The number of hydrogen-bond donors (Lipinski definition) is 1. The molecule has 0 spiro atoms. The van der Waals surface area contributed by atoms with Gasteiger partial charge in [0.05, 0.1) is 5.69 Å². The molecular formula is C23H24N2O5. The van der Waals surface area contributed by atoms with E-state index in [9.17, 15) is 9.59 Å². The number of hydrogen-bond acceptors (Lipinski definition) is 6. The van der Waals surface area contributed by atoms with Crippen molar-refractivity contribution >= 4 is 17.6 Å². The fraction of sp³-hybridized carbons (Fsp3) is 0.261. The van der Waals surface area contributed by atoms with Gasteiger partial charge in [0.1, 0.15) is 18.1 Å². The molecule has 0 aliphatic rings. The number of nitrogens with zero attached hydrogens (tertiary/aromatic N) is 1. The van der Waals surface area contributed by atoms with E-state index in [0.29, 0.717) is 30.2 Å². The summed E-state index contributed by atoms with van der Waals surface area (Å²) < 4.78 is 15.8. The second-order valence-corrected chi connectivity index (χ2v) is 6.81. The summed E-state index contributed by atoms with van der Waals surface area (Å²) in [5.74, 6) is 0.533. The van der Waals surface area contributed by atoms with Gasteiger partial charge < -0.3 is 19.3 Å². The maximum Gasteiger partial charge on any atom is 0.306 e. The number of rotatable bonds is 9. The van der Waals surface area contributed by atoms with Crippen LogP contribution in [0.15, 0.2) is 59.1 Å². The van der Waals surface area contributed by atoms with E-state index in [1.807, 2.05) is 37.3 Å². The number of anilines is 1.